The van der Waals surface area contributed by atoms with Crippen LogP contribution in [0.4, 0.5) is 11.4 Å². The van der Waals surface area contributed by atoms with Crippen molar-refractivity contribution in [3.8, 4) is 27.7 Å². The molecule has 0 radical (unpaired) electrons. The zero-order valence-electron chi connectivity index (χ0n) is 19.4. The van der Waals surface area contributed by atoms with Gasteiger partial charge in [-0.2, -0.15) is 0 Å². The third-order valence-electron chi connectivity index (χ3n) is 7.03. The molecule has 0 aliphatic carbocycles. The van der Waals surface area contributed by atoms with E-state index in [0.717, 1.165) is 53.0 Å². The van der Waals surface area contributed by atoms with Crippen LogP contribution in [0, 0.1) is 0 Å². The molecule has 4 heterocycles. The summed E-state index contributed by atoms with van der Waals surface area (Å²) in [7, 11) is 1.62. The molecule has 1 unspecified atom stereocenters. The predicted octanol–water partition coefficient (Wildman–Crippen LogP) is 4.15. The molecule has 2 N–H and O–H groups in total. The standard InChI is InChI=1S/C26H27N3O5S/c1-32-22-12-18(4-7-21(22)34-11-10-28-9-8-26(28)14-33-15-26)29-16-27-20-13-23(35-24(20)25(29)31)17-2-5-19(30)6-3-17/h2-7,12-13,16,25,30-31H,8-11,14-15H2,1H3. The van der Waals surface area contributed by atoms with Crippen molar-refractivity contribution >= 4 is 29.1 Å². The van der Waals surface area contributed by atoms with Crippen molar-refractivity contribution in [2.24, 2.45) is 4.99 Å². The molecule has 3 aromatic rings. The van der Waals surface area contributed by atoms with Crippen LogP contribution in [0.15, 0.2) is 53.5 Å². The second-order valence-corrected chi connectivity index (χ2v) is 10.2. The van der Waals surface area contributed by atoms with E-state index in [1.807, 2.05) is 36.4 Å². The summed E-state index contributed by atoms with van der Waals surface area (Å²) < 4.78 is 17.0. The summed E-state index contributed by atoms with van der Waals surface area (Å²) in [6.07, 6.45) is 1.97. The molecule has 1 aromatic heterocycles. The van der Waals surface area contributed by atoms with E-state index in [1.165, 1.54) is 17.8 Å². The van der Waals surface area contributed by atoms with Crippen molar-refractivity contribution in [3.05, 3.63) is 53.4 Å². The van der Waals surface area contributed by atoms with Crippen LogP contribution in [-0.4, -0.2) is 67.0 Å². The van der Waals surface area contributed by atoms with Gasteiger partial charge in [0.2, 0.25) is 0 Å². The number of nitrogens with zero attached hydrogens (tertiary/aromatic N) is 3. The summed E-state index contributed by atoms with van der Waals surface area (Å²) in [5, 5.41) is 20.7. The number of benzene rings is 2. The minimum absolute atomic E-state index is 0.220. The largest absolute Gasteiger partial charge is 0.508 e. The van der Waals surface area contributed by atoms with Gasteiger partial charge in [-0.3, -0.25) is 4.90 Å². The fourth-order valence-corrected chi connectivity index (χ4v) is 5.87. The Bertz CT molecular complexity index is 1250. The van der Waals surface area contributed by atoms with E-state index in [2.05, 4.69) is 9.89 Å². The summed E-state index contributed by atoms with van der Waals surface area (Å²) in [5.41, 5.74) is 2.72. The summed E-state index contributed by atoms with van der Waals surface area (Å²) in [6.45, 7) is 4.18. The number of phenolic OH excluding ortho intramolecular Hbond substituents is 1. The minimum atomic E-state index is -0.873. The number of hydrogen-bond donors (Lipinski definition) is 2. The van der Waals surface area contributed by atoms with Crippen LogP contribution in [0.1, 0.15) is 17.5 Å². The van der Waals surface area contributed by atoms with Gasteiger partial charge in [0, 0.05) is 29.7 Å². The van der Waals surface area contributed by atoms with Gasteiger partial charge >= 0.3 is 0 Å². The third kappa shape index (κ3) is 3.94. The number of hydrogen-bond acceptors (Lipinski definition) is 9. The van der Waals surface area contributed by atoms with Crippen LogP contribution in [0.2, 0.25) is 0 Å². The molecule has 0 saturated carbocycles. The highest BCUT2D eigenvalue weighted by molar-refractivity contribution is 7.16. The normalized spacial score (nSPS) is 20.3. The lowest BCUT2D eigenvalue weighted by atomic mass is 9.83. The van der Waals surface area contributed by atoms with Gasteiger partial charge in [0.15, 0.2) is 17.7 Å². The molecule has 0 bridgehead atoms. The van der Waals surface area contributed by atoms with Gasteiger partial charge in [0.25, 0.3) is 0 Å². The number of aromatic hydroxyl groups is 1. The first-order chi connectivity index (χ1) is 17.1. The van der Waals surface area contributed by atoms with Gasteiger partial charge in [-0.25, -0.2) is 4.99 Å². The van der Waals surface area contributed by atoms with Crippen LogP contribution < -0.4 is 14.4 Å². The van der Waals surface area contributed by atoms with Crippen LogP contribution in [0.25, 0.3) is 10.4 Å². The number of aliphatic hydroxyl groups excluding tert-OH is 1. The number of fused-ring (bicyclic) bond motifs is 1. The Labute approximate surface area is 207 Å². The Morgan fingerprint density at radius 2 is 1.97 bits per heavy atom. The molecule has 2 fully saturated rings. The van der Waals surface area contributed by atoms with E-state index in [9.17, 15) is 10.2 Å². The molecule has 1 atom stereocenters. The molecule has 2 saturated heterocycles. The second kappa shape index (κ2) is 8.83. The Morgan fingerprint density at radius 1 is 1.14 bits per heavy atom. The fourth-order valence-electron chi connectivity index (χ4n) is 4.77. The number of thiophene rings is 1. The predicted molar refractivity (Wildman–Crippen MR) is 135 cm³/mol. The van der Waals surface area contributed by atoms with E-state index >= 15 is 0 Å². The number of aliphatic imine (C=N–C) groups is 1. The average Bonchev–Trinajstić information content (AvgIpc) is 3.26. The van der Waals surface area contributed by atoms with Gasteiger partial charge < -0.3 is 29.3 Å². The zero-order chi connectivity index (χ0) is 24.0. The molecular weight excluding hydrogens is 466 g/mol. The van der Waals surface area contributed by atoms with Gasteiger partial charge in [-0.05, 0) is 54.4 Å². The molecule has 3 aliphatic rings. The molecule has 35 heavy (non-hydrogen) atoms. The number of methoxy groups -OCH3 is 1. The Balaban J connectivity index is 1.15. The maximum Gasteiger partial charge on any atom is 0.169 e. The van der Waals surface area contributed by atoms with Gasteiger partial charge in [0.1, 0.15) is 12.4 Å². The lowest BCUT2D eigenvalue weighted by molar-refractivity contribution is -0.193. The number of rotatable bonds is 7. The van der Waals surface area contributed by atoms with Gasteiger partial charge in [0.05, 0.1) is 42.8 Å². The van der Waals surface area contributed by atoms with Crippen LogP contribution >= 0.6 is 11.3 Å². The van der Waals surface area contributed by atoms with Crippen molar-refractivity contribution in [3.63, 3.8) is 0 Å². The highest BCUT2D eigenvalue weighted by Crippen LogP contribution is 2.45. The smallest absolute Gasteiger partial charge is 0.169 e. The van der Waals surface area contributed by atoms with E-state index in [1.54, 1.807) is 30.5 Å². The number of likely N-dealkylation sites (tertiary alicyclic amines) is 1. The van der Waals surface area contributed by atoms with E-state index in [0.29, 0.717) is 18.1 Å². The highest BCUT2D eigenvalue weighted by Gasteiger charge is 2.50. The van der Waals surface area contributed by atoms with Gasteiger partial charge in [-0.15, -0.1) is 11.3 Å². The molecule has 9 heteroatoms. The lowest BCUT2D eigenvalue weighted by Gasteiger charge is -2.57. The quantitative estimate of drug-likeness (QED) is 0.511. The number of phenols is 1. The first kappa shape index (κ1) is 22.4. The zero-order valence-corrected chi connectivity index (χ0v) is 20.2. The second-order valence-electron chi connectivity index (χ2n) is 9.07. The van der Waals surface area contributed by atoms with E-state index in [4.69, 9.17) is 14.2 Å². The number of ether oxygens (including phenoxy) is 3. The first-order valence-corrected chi connectivity index (χ1v) is 12.5. The van der Waals surface area contributed by atoms with Crippen LogP contribution in [0.3, 0.4) is 0 Å². The highest BCUT2D eigenvalue weighted by atomic mass is 32.1. The number of aliphatic hydroxyl groups is 1. The molecule has 0 amide bonds. The Morgan fingerprint density at radius 3 is 2.66 bits per heavy atom. The van der Waals surface area contributed by atoms with Crippen LogP contribution in [-0.2, 0) is 4.74 Å². The molecule has 6 rings (SSSR count). The molecule has 182 valence electrons. The Hall–Kier alpha value is -3.11. The molecule has 2 aromatic carbocycles. The van der Waals surface area contributed by atoms with Crippen LogP contribution in [0.5, 0.6) is 17.2 Å². The van der Waals surface area contributed by atoms with Crippen molar-refractivity contribution in [2.75, 3.05) is 44.9 Å². The van der Waals surface area contributed by atoms with E-state index in [-0.39, 0.29) is 11.3 Å². The maximum atomic E-state index is 11.1. The summed E-state index contributed by atoms with van der Waals surface area (Å²) in [5.74, 6) is 1.50. The summed E-state index contributed by atoms with van der Waals surface area (Å²) >= 11 is 1.49. The summed E-state index contributed by atoms with van der Waals surface area (Å²) in [6, 6.07) is 14.6. The third-order valence-corrected chi connectivity index (χ3v) is 8.25. The molecular formula is C26H27N3O5S. The van der Waals surface area contributed by atoms with E-state index < -0.39 is 6.23 Å². The molecule has 1 spiro atoms. The van der Waals surface area contributed by atoms with Crippen molar-refractivity contribution < 1.29 is 24.4 Å². The monoisotopic (exact) mass is 493 g/mol. The Kier molecular flexibility index (Phi) is 5.64. The molecule has 8 nitrogen and oxygen atoms in total. The maximum absolute atomic E-state index is 11.1. The number of anilines is 1. The van der Waals surface area contributed by atoms with Crippen molar-refractivity contribution in [2.45, 2.75) is 18.2 Å². The summed E-state index contributed by atoms with van der Waals surface area (Å²) in [4.78, 5) is 10.5. The first-order valence-electron chi connectivity index (χ1n) is 11.6. The topological polar surface area (TPSA) is 87.0 Å². The SMILES string of the molecule is COc1cc(N2C=Nc3cc(-c4ccc(O)cc4)sc3C2O)ccc1OCCN1CCC12COC2. The minimum Gasteiger partial charge on any atom is -0.508 e. The average molecular weight is 494 g/mol. The van der Waals surface area contributed by atoms with Crippen molar-refractivity contribution in [1.82, 2.24) is 4.90 Å². The fraction of sp³-hybridized carbons (Fsp3) is 0.346. The van der Waals surface area contributed by atoms with Crippen molar-refractivity contribution in [1.29, 1.82) is 0 Å². The lowest BCUT2D eigenvalue weighted by Crippen LogP contribution is -2.71. The van der Waals surface area contributed by atoms with Gasteiger partial charge in [-0.1, -0.05) is 0 Å². The molecule has 3 aliphatic heterocycles.